The van der Waals surface area contributed by atoms with Crippen molar-refractivity contribution >= 4 is 38.4 Å². The predicted molar refractivity (Wildman–Crippen MR) is 90.9 cm³/mol. The lowest BCUT2D eigenvalue weighted by Gasteiger charge is -2.05. The molecule has 0 unspecified atom stereocenters. The first kappa shape index (κ1) is 15.3. The summed E-state index contributed by atoms with van der Waals surface area (Å²) in [5, 5.41) is 2.04. The Labute approximate surface area is 137 Å². The summed E-state index contributed by atoms with van der Waals surface area (Å²) in [5.74, 6) is 0. The Hall–Kier alpha value is -2.58. The number of nitrogens with one attached hydrogen (secondary N) is 1. The zero-order valence-electron chi connectivity index (χ0n) is 11.8. The lowest BCUT2D eigenvalue weighted by molar-refractivity contribution is 0.601. The van der Waals surface area contributed by atoms with E-state index in [1.54, 1.807) is 29.9 Å². The van der Waals surface area contributed by atoms with Crippen LogP contribution in [0.1, 0.15) is 5.69 Å². The average molecular weight is 344 g/mol. The van der Waals surface area contributed by atoms with Gasteiger partial charge in [-0.15, -0.1) is 11.3 Å². The molecule has 0 radical (unpaired) electrons. The van der Waals surface area contributed by atoms with Gasteiger partial charge in [0, 0.05) is 17.8 Å². The van der Waals surface area contributed by atoms with Gasteiger partial charge in [0.2, 0.25) is 0 Å². The summed E-state index contributed by atoms with van der Waals surface area (Å²) in [6.45, 7) is 0. The van der Waals surface area contributed by atoms with E-state index >= 15 is 0 Å². The highest BCUT2D eigenvalue weighted by Gasteiger charge is 2.14. The summed E-state index contributed by atoms with van der Waals surface area (Å²) >= 11 is 1.22. The second-order valence-electron chi connectivity index (χ2n) is 4.45. The fraction of sp³-hybridized carbons (Fsp3) is 0. The molecule has 0 aliphatic heterocycles. The number of thiazole rings is 1. The molecule has 3 aromatic rings. The molecule has 0 aliphatic carbocycles. The topological polar surface area (TPSA) is 84.3 Å². The van der Waals surface area contributed by atoms with Crippen molar-refractivity contribution in [2.45, 2.75) is 4.90 Å². The molecule has 0 spiro atoms. The van der Waals surface area contributed by atoms with Gasteiger partial charge in [0.1, 0.15) is 0 Å². The number of nitrogens with zero attached hydrogens (tertiary/aromatic N) is 3. The maximum atomic E-state index is 12.2. The Morgan fingerprint density at radius 3 is 2.52 bits per heavy atom. The number of anilines is 1. The standard InChI is InChI=1S/C15H12N4O2S2/c20-23(21,19-15-17-9-10-22-15)14-6-4-12(5-7-14)18-11-13-3-1-2-8-16-13/h1-11H,(H,17,19). The lowest BCUT2D eigenvalue weighted by Crippen LogP contribution is -2.12. The zero-order valence-corrected chi connectivity index (χ0v) is 13.5. The van der Waals surface area contributed by atoms with Gasteiger partial charge in [-0.25, -0.2) is 13.4 Å². The smallest absolute Gasteiger partial charge is 0.255 e. The van der Waals surface area contributed by atoms with Crippen LogP contribution in [-0.4, -0.2) is 24.6 Å². The minimum atomic E-state index is -3.63. The van der Waals surface area contributed by atoms with Gasteiger partial charge in [-0.3, -0.25) is 14.7 Å². The Morgan fingerprint density at radius 1 is 1.04 bits per heavy atom. The van der Waals surface area contributed by atoms with E-state index in [-0.39, 0.29) is 4.90 Å². The summed E-state index contributed by atoms with van der Waals surface area (Å²) in [7, 11) is -3.63. The van der Waals surface area contributed by atoms with Crippen molar-refractivity contribution < 1.29 is 8.42 Å². The molecule has 1 N–H and O–H groups in total. The summed E-state index contributed by atoms with van der Waals surface area (Å²) in [5.41, 5.74) is 1.37. The van der Waals surface area contributed by atoms with Crippen LogP contribution in [0.4, 0.5) is 10.8 Å². The van der Waals surface area contributed by atoms with Crippen LogP contribution in [0.5, 0.6) is 0 Å². The first-order valence-corrected chi connectivity index (χ1v) is 8.97. The van der Waals surface area contributed by atoms with Gasteiger partial charge in [0.05, 0.1) is 22.5 Å². The van der Waals surface area contributed by atoms with Crippen molar-refractivity contribution in [3.05, 3.63) is 65.9 Å². The SMILES string of the molecule is O=S(=O)(Nc1nccs1)c1ccc(N=Cc2ccccn2)cc1. The number of rotatable bonds is 5. The fourth-order valence-corrected chi connectivity index (χ4v) is 3.54. The zero-order chi connectivity index (χ0) is 16.1. The molecule has 0 saturated carbocycles. The van der Waals surface area contributed by atoms with Crippen molar-refractivity contribution in [3.8, 4) is 0 Å². The molecule has 6 nitrogen and oxygen atoms in total. The number of hydrogen-bond acceptors (Lipinski definition) is 6. The van der Waals surface area contributed by atoms with Gasteiger partial charge < -0.3 is 0 Å². The maximum Gasteiger partial charge on any atom is 0.263 e. The molecule has 8 heteroatoms. The second-order valence-corrected chi connectivity index (χ2v) is 7.03. The number of sulfonamides is 1. The molecule has 23 heavy (non-hydrogen) atoms. The van der Waals surface area contributed by atoms with Crippen LogP contribution in [0.2, 0.25) is 0 Å². The highest BCUT2D eigenvalue weighted by molar-refractivity contribution is 7.93. The molecule has 2 heterocycles. The highest BCUT2D eigenvalue weighted by Crippen LogP contribution is 2.20. The highest BCUT2D eigenvalue weighted by atomic mass is 32.2. The number of aliphatic imine (C=N–C) groups is 1. The Kier molecular flexibility index (Phi) is 4.45. The predicted octanol–water partition coefficient (Wildman–Crippen LogP) is 3.09. The molecule has 2 aromatic heterocycles. The van der Waals surface area contributed by atoms with Gasteiger partial charge in [0.25, 0.3) is 10.0 Å². The lowest BCUT2D eigenvalue weighted by atomic mass is 10.3. The van der Waals surface area contributed by atoms with Gasteiger partial charge >= 0.3 is 0 Å². The van der Waals surface area contributed by atoms with Crippen LogP contribution < -0.4 is 4.72 Å². The van der Waals surface area contributed by atoms with Crippen molar-refractivity contribution in [2.24, 2.45) is 4.99 Å². The summed E-state index contributed by atoms with van der Waals surface area (Å²) in [6, 6.07) is 11.8. The van der Waals surface area contributed by atoms with Crippen LogP contribution >= 0.6 is 11.3 Å². The molecule has 1 aromatic carbocycles. The van der Waals surface area contributed by atoms with E-state index in [1.165, 1.54) is 29.7 Å². The maximum absolute atomic E-state index is 12.2. The van der Waals surface area contributed by atoms with E-state index in [1.807, 2.05) is 18.2 Å². The minimum absolute atomic E-state index is 0.157. The fourth-order valence-electron chi connectivity index (χ4n) is 1.75. The minimum Gasteiger partial charge on any atom is -0.255 e. The van der Waals surface area contributed by atoms with E-state index in [4.69, 9.17) is 0 Å². The van der Waals surface area contributed by atoms with Crippen molar-refractivity contribution in [1.29, 1.82) is 0 Å². The Balaban J connectivity index is 1.75. The molecular formula is C15H12N4O2S2. The molecule has 0 atom stereocenters. The quantitative estimate of drug-likeness (QED) is 0.721. The van der Waals surface area contributed by atoms with Crippen LogP contribution in [0.15, 0.2) is 70.1 Å². The molecule has 0 bridgehead atoms. The molecular weight excluding hydrogens is 332 g/mol. The van der Waals surface area contributed by atoms with Crippen LogP contribution in [0.25, 0.3) is 0 Å². The number of pyridine rings is 1. The van der Waals surface area contributed by atoms with Crippen molar-refractivity contribution in [2.75, 3.05) is 4.72 Å². The second kappa shape index (κ2) is 6.67. The van der Waals surface area contributed by atoms with Gasteiger partial charge in [-0.2, -0.15) is 0 Å². The largest absolute Gasteiger partial charge is 0.263 e. The third kappa shape index (κ3) is 3.99. The Bertz CT molecular complexity index is 890. The molecule has 3 rings (SSSR count). The first-order valence-electron chi connectivity index (χ1n) is 6.61. The molecule has 0 amide bonds. The van der Waals surface area contributed by atoms with Gasteiger partial charge in [-0.1, -0.05) is 6.07 Å². The normalized spacial score (nSPS) is 11.7. The number of benzene rings is 1. The van der Waals surface area contributed by atoms with Crippen LogP contribution in [-0.2, 0) is 10.0 Å². The summed E-state index contributed by atoms with van der Waals surface area (Å²) in [6.07, 6.45) is 4.84. The first-order chi connectivity index (χ1) is 11.1. The van der Waals surface area contributed by atoms with Crippen LogP contribution in [0, 0.1) is 0 Å². The van der Waals surface area contributed by atoms with Gasteiger partial charge in [0.15, 0.2) is 5.13 Å². The van der Waals surface area contributed by atoms with E-state index in [0.717, 1.165) is 5.69 Å². The van der Waals surface area contributed by atoms with E-state index < -0.39 is 10.0 Å². The van der Waals surface area contributed by atoms with E-state index in [0.29, 0.717) is 10.8 Å². The number of aromatic nitrogens is 2. The Morgan fingerprint density at radius 2 is 1.87 bits per heavy atom. The molecule has 0 fully saturated rings. The average Bonchev–Trinajstić information content (AvgIpc) is 3.06. The van der Waals surface area contributed by atoms with E-state index in [9.17, 15) is 8.42 Å². The monoisotopic (exact) mass is 344 g/mol. The molecule has 0 aliphatic rings. The summed E-state index contributed by atoms with van der Waals surface area (Å²) < 4.78 is 26.8. The van der Waals surface area contributed by atoms with Crippen LogP contribution in [0.3, 0.4) is 0 Å². The summed E-state index contributed by atoms with van der Waals surface area (Å²) in [4.78, 5) is 12.5. The third-order valence-corrected chi connectivity index (χ3v) is 5.01. The number of hydrogen-bond donors (Lipinski definition) is 1. The van der Waals surface area contributed by atoms with Crippen molar-refractivity contribution in [1.82, 2.24) is 9.97 Å². The van der Waals surface area contributed by atoms with E-state index in [2.05, 4.69) is 19.7 Å². The molecule has 0 saturated heterocycles. The molecule has 116 valence electrons. The third-order valence-electron chi connectivity index (χ3n) is 2.83. The van der Waals surface area contributed by atoms with Crippen molar-refractivity contribution in [3.63, 3.8) is 0 Å². The van der Waals surface area contributed by atoms with Gasteiger partial charge in [-0.05, 0) is 36.4 Å².